The SMILES string of the molecule is C[C@@H]1c2ccc(-c3cc4ccccc4o3)c(O)c2C(=O)C2C(=O)[C@@]3(O)C(=O)C(C(N)=O)C(=O)[C@H](N(C)C)[C@H]3[C@H](O)[C@H]21. The van der Waals surface area contributed by atoms with Crippen LogP contribution in [-0.2, 0) is 19.2 Å². The summed E-state index contributed by atoms with van der Waals surface area (Å²) >= 11 is 0. The van der Waals surface area contributed by atoms with Gasteiger partial charge < -0.3 is 25.5 Å². The fraction of sp³-hybridized carbons (Fsp3) is 0.367. The van der Waals surface area contributed by atoms with Gasteiger partial charge in [-0.05, 0) is 43.8 Å². The quantitative estimate of drug-likeness (QED) is 0.334. The molecule has 0 saturated heterocycles. The Bertz CT molecular complexity index is 1660. The smallest absolute Gasteiger partial charge is 0.235 e. The molecule has 5 N–H and O–H groups in total. The van der Waals surface area contributed by atoms with Crippen LogP contribution in [0.1, 0.15) is 28.8 Å². The second-order valence-corrected chi connectivity index (χ2v) is 11.4. The molecular formula is C30H28N2O9. The monoisotopic (exact) mass is 560 g/mol. The van der Waals surface area contributed by atoms with Crippen molar-refractivity contribution >= 4 is 40.0 Å². The number of aliphatic hydroxyl groups excluding tert-OH is 1. The molecule has 2 unspecified atom stereocenters. The molecule has 0 radical (unpaired) electrons. The lowest BCUT2D eigenvalue weighted by atomic mass is 9.49. The Labute approximate surface area is 233 Å². The van der Waals surface area contributed by atoms with E-state index in [2.05, 4.69) is 0 Å². The summed E-state index contributed by atoms with van der Waals surface area (Å²) in [6.45, 7) is 1.66. The predicted octanol–water partition coefficient (Wildman–Crippen LogP) is 0.812. The molecule has 3 aromatic rings. The summed E-state index contributed by atoms with van der Waals surface area (Å²) in [5.74, 6) is -13.4. The highest BCUT2D eigenvalue weighted by molar-refractivity contribution is 6.32. The normalized spacial score (nSPS) is 33.1. The van der Waals surface area contributed by atoms with Gasteiger partial charge in [-0.3, -0.25) is 28.9 Å². The van der Waals surface area contributed by atoms with E-state index in [1.165, 1.54) is 19.0 Å². The highest BCUT2D eigenvalue weighted by Crippen LogP contribution is 2.55. The van der Waals surface area contributed by atoms with Crippen molar-refractivity contribution in [1.82, 2.24) is 4.90 Å². The number of nitrogens with two attached hydrogens (primary N) is 1. The summed E-state index contributed by atoms with van der Waals surface area (Å²) in [6, 6.07) is 10.6. The van der Waals surface area contributed by atoms with E-state index in [0.29, 0.717) is 11.1 Å². The number of amides is 1. The Hall–Kier alpha value is -4.19. The van der Waals surface area contributed by atoms with E-state index in [0.717, 1.165) is 5.39 Å². The summed E-state index contributed by atoms with van der Waals surface area (Å²) in [7, 11) is 2.89. The van der Waals surface area contributed by atoms with E-state index < -0.39 is 82.1 Å². The second kappa shape index (κ2) is 8.90. The van der Waals surface area contributed by atoms with Crippen LogP contribution in [0.2, 0.25) is 0 Å². The molecule has 6 rings (SSSR count). The van der Waals surface area contributed by atoms with Crippen molar-refractivity contribution in [3.63, 3.8) is 0 Å². The minimum Gasteiger partial charge on any atom is -0.506 e. The van der Waals surface area contributed by atoms with E-state index in [-0.39, 0.29) is 16.9 Å². The standard InChI is InChI=1S/C30H28N2O9/c1-11-13-8-9-14(16-10-12-6-4-5-7-15(12)41-16)23(33)18(13)24(34)19-17(11)25(35)21-22(32(2)3)26(36)20(29(31)39)28(38)30(21,40)27(19)37/h4-11,17,19-22,25,33,35,40H,1-3H3,(H2,31,39)/t11-,17+,19?,20?,21+,22-,25-,30-/m1/s1. The minimum atomic E-state index is -3.04. The lowest BCUT2D eigenvalue weighted by molar-refractivity contribution is -0.196. The maximum atomic E-state index is 14.1. The Morgan fingerprint density at radius 1 is 1.05 bits per heavy atom. The molecule has 2 fully saturated rings. The van der Waals surface area contributed by atoms with Crippen LogP contribution in [0.15, 0.2) is 46.9 Å². The largest absolute Gasteiger partial charge is 0.506 e. The Kier molecular flexibility index (Phi) is 5.86. The highest BCUT2D eigenvalue weighted by Gasteiger charge is 2.72. The first-order chi connectivity index (χ1) is 19.3. The molecule has 2 aromatic carbocycles. The van der Waals surface area contributed by atoms with Crippen molar-refractivity contribution in [2.45, 2.75) is 30.6 Å². The zero-order valence-corrected chi connectivity index (χ0v) is 22.4. The van der Waals surface area contributed by atoms with Crippen LogP contribution in [0.5, 0.6) is 5.75 Å². The average Bonchev–Trinajstić information content (AvgIpc) is 3.34. The van der Waals surface area contributed by atoms with E-state index in [1.54, 1.807) is 37.3 Å². The molecule has 11 nitrogen and oxygen atoms in total. The third-order valence-corrected chi connectivity index (χ3v) is 9.18. The summed E-state index contributed by atoms with van der Waals surface area (Å²) in [5, 5.41) is 35.5. The Morgan fingerprint density at radius 3 is 2.37 bits per heavy atom. The number of aromatic hydroxyl groups is 1. The number of carbonyl (C=O) groups is 5. The van der Waals surface area contributed by atoms with Gasteiger partial charge in [0.15, 0.2) is 34.7 Å². The van der Waals surface area contributed by atoms with E-state index in [9.17, 15) is 39.3 Å². The number of likely N-dealkylation sites (N-methyl/N-ethyl adjacent to an activating group) is 1. The minimum absolute atomic E-state index is 0.186. The second-order valence-electron chi connectivity index (χ2n) is 11.4. The Morgan fingerprint density at radius 2 is 1.73 bits per heavy atom. The number of rotatable bonds is 3. The molecule has 1 heterocycles. The summed E-state index contributed by atoms with van der Waals surface area (Å²) in [4.78, 5) is 68.3. The van der Waals surface area contributed by atoms with Gasteiger partial charge in [-0.1, -0.05) is 31.2 Å². The number of primary amides is 1. The summed E-state index contributed by atoms with van der Waals surface area (Å²) in [6.07, 6.45) is -1.68. The number of benzene rings is 2. The number of nitrogens with zero attached hydrogens (tertiary/aromatic N) is 1. The van der Waals surface area contributed by atoms with Crippen molar-refractivity contribution < 1.29 is 43.7 Å². The third-order valence-electron chi connectivity index (χ3n) is 9.18. The number of furan rings is 1. The fourth-order valence-corrected chi connectivity index (χ4v) is 7.30. The van der Waals surface area contributed by atoms with E-state index in [4.69, 9.17) is 10.2 Å². The van der Waals surface area contributed by atoms with Crippen LogP contribution < -0.4 is 5.73 Å². The van der Waals surface area contributed by atoms with E-state index >= 15 is 0 Å². The van der Waals surface area contributed by atoms with Crippen molar-refractivity contribution in [2.75, 3.05) is 14.1 Å². The van der Waals surface area contributed by atoms with Gasteiger partial charge in [-0.25, -0.2) is 0 Å². The first kappa shape index (κ1) is 27.0. The molecule has 1 amide bonds. The van der Waals surface area contributed by atoms with Gasteiger partial charge in [0.05, 0.1) is 35.1 Å². The number of carbonyl (C=O) groups excluding carboxylic acids is 5. The van der Waals surface area contributed by atoms with Crippen LogP contribution in [0.4, 0.5) is 0 Å². The molecule has 3 aliphatic carbocycles. The average molecular weight is 561 g/mol. The number of phenols is 1. The number of fused-ring (bicyclic) bond motifs is 4. The van der Waals surface area contributed by atoms with Gasteiger partial charge in [-0.2, -0.15) is 0 Å². The predicted molar refractivity (Wildman–Crippen MR) is 143 cm³/mol. The number of ketones is 4. The van der Waals surface area contributed by atoms with Gasteiger partial charge in [0.2, 0.25) is 5.91 Å². The molecule has 1 aromatic heterocycles. The number of phenolic OH excluding ortho intramolecular Hbond substituents is 1. The summed E-state index contributed by atoms with van der Waals surface area (Å²) < 4.78 is 5.87. The third kappa shape index (κ3) is 3.39. The number of para-hydroxylation sites is 1. The highest BCUT2D eigenvalue weighted by atomic mass is 16.3. The fourth-order valence-electron chi connectivity index (χ4n) is 7.30. The topological polar surface area (TPSA) is 188 Å². The van der Waals surface area contributed by atoms with E-state index in [1.807, 2.05) is 12.1 Å². The van der Waals surface area contributed by atoms with Gasteiger partial charge in [0.25, 0.3) is 0 Å². The van der Waals surface area contributed by atoms with Crippen LogP contribution in [0.25, 0.3) is 22.3 Å². The molecule has 0 aliphatic heterocycles. The molecule has 3 aliphatic rings. The van der Waals surface area contributed by atoms with Crippen LogP contribution >= 0.6 is 0 Å². The molecule has 11 heteroatoms. The van der Waals surface area contributed by atoms with Crippen LogP contribution in [-0.4, -0.2) is 81.1 Å². The van der Waals surface area contributed by atoms with Crippen LogP contribution in [0, 0.1) is 23.7 Å². The lowest BCUT2D eigenvalue weighted by Crippen LogP contribution is -2.77. The summed E-state index contributed by atoms with van der Waals surface area (Å²) in [5.41, 5.74) is 3.23. The van der Waals surface area contributed by atoms with Crippen molar-refractivity contribution in [3.8, 4) is 17.1 Å². The number of hydrogen-bond acceptors (Lipinski definition) is 10. The van der Waals surface area contributed by atoms with Crippen molar-refractivity contribution in [2.24, 2.45) is 29.4 Å². The zero-order chi connectivity index (χ0) is 29.7. The van der Waals surface area contributed by atoms with Gasteiger partial charge >= 0.3 is 0 Å². The molecule has 0 spiro atoms. The Balaban J connectivity index is 1.52. The number of Topliss-reactive ketones (excluding diaryl/α,β-unsaturated/α-hetero) is 4. The van der Waals surface area contributed by atoms with Crippen LogP contribution in [0.3, 0.4) is 0 Å². The van der Waals surface area contributed by atoms with Crippen molar-refractivity contribution in [3.05, 3.63) is 53.6 Å². The molecule has 41 heavy (non-hydrogen) atoms. The number of aliphatic hydroxyl groups is 2. The first-order valence-electron chi connectivity index (χ1n) is 13.2. The molecular weight excluding hydrogens is 532 g/mol. The maximum absolute atomic E-state index is 14.1. The molecule has 0 bridgehead atoms. The number of hydrogen-bond donors (Lipinski definition) is 4. The van der Waals surface area contributed by atoms with Crippen molar-refractivity contribution in [1.29, 1.82) is 0 Å². The maximum Gasteiger partial charge on any atom is 0.235 e. The zero-order valence-electron chi connectivity index (χ0n) is 22.4. The molecule has 2 saturated carbocycles. The lowest BCUT2D eigenvalue weighted by Gasteiger charge is -2.56. The molecule has 8 atom stereocenters. The van der Waals surface area contributed by atoms with Gasteiger partial charge in [-0.15, -0.1) is 0 Å². The first-order valence-corrected chi connectivity index (χ1v) is 13.2. The molecule has 212 valence electrons. The van der Waals surface area contributed by atoms with Gasteiger partial charge in [0.1, 0.15) is 17.1 Å². The van der Waals surface area contributed by atoms with Gasteiger partial charge in [0, 0.05) is 11.3 Å².